The van der Waals surface area contributed by atoms with Crippen molar-refractivity contribution in [3.63, 3.8) is 0 Å². The Labute approximate surface area is 194 Å². The highest BCUT2D eigenvalue weighted by Gasteiger charge is 2.50. The van der Waals surface area contributed by atoms with E-state index in [4.69, 9.17) is 0 Å². The normalized spacial score (nSPS) is 24.4. The van der Waals surface area contributed by atoms with Gasteiger partial charge < -0.3 is 5.32 Å². The molecule has 2 saturated carbocycles. The van der Waals surface area contributed by atoms with Crippen molar-refractivity contribution < 1.29 is 18.0 Å². The van der Waals surface area contributed by atoms with Gasteiger partial charge in [0.25, 0.3) is 5.91 Å². The fourth-order valence-electron chi connectivity index (χ4n) is 6.19. The summed E-state index contributed by atoms with van der Waals surface area (Å²) in [6.07, 6.45) is 1.17. The molecule has 0 radical (unpaired) electrons. The maximum absolute atomic E-state index is 13.1. The van der Waals surface area contributed by atoms with E-state index in [-0.39, 0.29) is 11.9 Å². The predicted octanol–water partition coefficient (Wildman–Crippen LogP) is 5.70. The molecule has 4 atom stereocenters. The molecular formula is C26H25F3N4O. The van der Waals surface area contributed by atoms with Gasteiger partial charge in [-0.25, -0.2) is 0 Å². The number of hydrogen-bond donors (Lipinski definition) is 1. The molecule has 6 rings (SSSR count). The van der Waals surface area contributed by atoms with Crippen molar-refractivity contribution in [3.8, 4) is 5.69 Å². The number of carbonyl (C=O) groups is 1. The highest BCUT2D eigenvalue weighted by atomic mass is 19.4. The summed E-state index contributed by atoms with van der Waals surface area (Å²) >= 11 is 0. The third-order valence-corrected chi connectivity index (χ3v) is 7.89. The monoisotopic (exact) mass is 466 g/mol. The van der Waals surface area contributed by atoms with Gasteiger partial charge in [0.15, 0.2) is 5.65 Å². The van der Waals surface area contributed by atoms with Crippen molar-refractivity contribution in [2.45, 2.75) is 38.4 Å². The van der Waals surface area contributed by atoms with E-state index < -0.39 is 11.7 Å². The Bertz CT molecular complexity index is 1420. The first-order valence-corrected chi connectivity index (χ1v) is 11.7. The first-order valence-electron chi connectivity index (χ1n) is 11.7. The lowest BCUT2D eigenvalue weighted by Gasteiger charge is -2.47. The molecule has 1 amide bonds. The first kappa shape index (κ1) is 21.3. The van der Waals surface area contributed by atoms with Crippen molar-refractivity contribution in [1.29, 1.82) is 0 Å². The Kier molecular flexibility index (Phi) is 4.60. The molecule has 5 nitrogen and oxygen atoms in total. The van der Waals surface area contributed by atoms with Gasteiger partial charge >= 0.3 is 6.18 Å². The molecule has 0 saturated heterocycles. The first-order chi connectivity index (χ1) is 16.2. The smallest absolute Gasteiger partial charge is 0.349 e. The Balaban J connectivity index is 1.39. The molecule has 0 spiro atoms. The van der Waals surface area contributed by atoms with Crippen LogP contribution < -0.4 is 5.32 Å². The lowest BCUT2D eigenvalue weighted by Crippen LogP contribution is -2.56. The van der Waals surface area contributed by atoms with Gasteiger partial charge in [-0.1, -0.05) is 13.3 Å². The molecule has 0 aliphatic heterocycles. The van der Waals surface area contributed by atoms with Crippen LogP contribution in [0.4, 0.5) is 13.2 Å². The van der Waals surface area contributed by atoms with Crippen molar-refractivity contribution in [2.24, 2.45) is 24.8 Å². The van der Waals surface area contributed by atoms with Gasteiger partial charge in [-0.05, 0) is 73.1 Å². The van der Waals surface area contributed by atoms with E-state index in [1.807, 2.05) is 22.9 Å². The molecule has 2 aliphatic carbocycles. The number of carbonyl (C=O) groups excluding carboxylic acids is 1. The molecular weight excluding hydrogens is 441 g/mol. The molecule has 1 N–H and O–H groups in total. The van der Waals surface area contributed by atoms with E-state index in [0.29, 0.717) is 28.7 Å². The summed E-state index contributed by atoms with van der Waals surface area (Å²) < 4.78 is 42.7. The van der Waals surface area contributed by atoms with Crippen LogP contribution in [-0.2, 0) is 13.2 Å². The maximum atomic E-state index is 13.1. The molecule has 2 aliphatic rings. The summed E-state index contributed by atoms with van der Waals surface area (Å²) in [5, 5.41) is 9.49. The summed E-state index contributed by atoms with van der Waals surface area (Å²) in [7, 11) is 1.80. The zero-order chi connectivity index (χ0) is 23.8. The Morgan fingerprint density at radius 1 is 1.06 bits per heavy atom. The predicted molar refractivity (Wildman–Crippen MR) is 124 cm³/mol. The lowest BCUT2D eigenvalue weighted by atomic mass is 9.63. The number of amides is 1. The van der Waals surface area contributed by atoms with E-state index in [0.717, 1.165) is 34.3 Å². The molecule has 1 unspecified atom stereocenters. The van der Waals surface area contributed by atoms with Crippen LogP contribution in [0.1, 0.15) is 42.1 Å². The molecule has 2 aromatic heterocycles. The van der Waals surface area contributed by atoms with Gasteiger partial charge in [0.1, 0.15) is 0 Å². The fraction of sp³-hybridized carbons (Fsp3) is 0.385. The number of halogens is 3. The van der Waals surface area contributed by atoms with E-state index in [2.05, 4.69) is 17.3 Å². The molecule has 0 bridgehead atoms. The minimum Gasteiger partial charge on any atom is -0.349 e. The number of benzene rings is 2. The van der Waals surface area contributed by atoms with Crippen LogP contribution in [0.5, 0.6) is 0 Å². The average Bonchev–Trinajstić information content (AvgIpc) is 3.48. The lowest BCUT2D eigenvalue weighted by molar-refractivity contribution is -0.137. The van der Waals surface area contributed by atoms with Crippen molar-refractivity contribution in [3.05, 3.63) is 59.8 Å². The number of alkyl halides is 3. The highest BCUT2D eigenvalue weighted by molar-refractivity contribution is 6.10. The molecule has 8 heteroatoms. The molecule has 34 heavy (non-hydrogen) atoms. The minimum absolute atomic E-state index is 0.0802. The number of fused-ring (bicyclic) bond motifs is 4. The summed E-state index contributed by atoms with van der Waals surface area (Å²) in [5.74, 6) is 1.75. The van der Waals surface area contributed by atoms with E-state index in [9.17, 15) is 18.0 Å². The van der Waals surface area contributed by atoms with Crippen LogP contribution in [0.25, 0.3) is 27.6 Å². The third kappa shape index (κ3) is 3.15. The van der Waals surface area contributed by atoms with E-state index in [1.165, 1.54) is 31.4 Å². The summed E-state index contributed by atoms with van der Waals surface area (Å²) in [5.41, 5.74) is 1.90. The molecule has 2 aromatic carbocycles. The SMILES string of the molecule is CC1[C@@H](NC(=O)c2ccc3c(c2)c2cn(C)nc2n3-c2ccc(C(F)(F)F)cc2)[C@H]2CCC[C@@H]12. The highest BCUT2D eigenvalue weighted by Crippen LogP contribution is 2.51. The Morgan fingerprint density at radius 3 is 2.53 bits per heavy atom. The summed E-state index contributed by atoms with van der Waals surface area (Å²) in [4.78, 5) is 13.1. The zero-order valence-electron chi connectivity index (χ0n) is 18.9. The fourth-order valence-corrected chi connectivity index (χ4v) is 6.19. The van der Waals surface area contributed by atoms with Crippen LogP contribution in [-0.4, -0.2) is 26.3 Å². The number of nitrogens with zero attached hydrogens (tertiary/aromatic N) is 3. The van der Waals surface area contributed by atoms with Crippen LogP contribution in [0.3, 0.4) is 0 Å². The second-order valence-electron chi connectivity index (χ2n) is 9.77. The molecule has 2 heterocycles. The molecule has 2 fully saturated rings. The van der Waals surface area contributed by atoms with E-state index >= 15 is 0 Å². The average molecular weight is 467 g/mol. The summed E-state index contributed by atoms with van der Waals surface area (Å²) in [6.45, 7) is 2.23. The van der Waals surface area contributed by atoms with Crippen LogP contribution in [0.15, 0.2) is 48.7 Å². The van der Waals surface area contributed by atoms with Crippen LogP contribution in [0.2, 0.25) is 0 Å². The Morgan fingerprint density at radius 2 is 1.79 bits per heavy atom. The number of aryl methyl sites for hydroxylation is 1. The zero-order valence-corrected chi connectivity index (χ0v) is 18.9. The van der Waals surface area contributed by atoms with Crippen molar-refractivity contribution >= 4 is 27.8 Å². The van der Waals surface area contributed by atoms with Gasteiger partial charge in [-0.3, -0.25) is 14.0 Å². The van der Waals surface area contributed by atoms with Gasteiger partial charge in [0, 0.05) is 41.3 Å². The second-order valence-corrected chi connectivity index (χ2v) is 9.77. The van der Waals surface area contributed by atoms with E-state index in [1.54, 1.807) is 17.8 Å². The number of rotatable bonds is 3. The maximum Gasteiger partial charge on any atom is 0.416 e. The Hall–Kier alpha value is -3.29. The second kappa shape index (κ2) is 7.35. The number of nitrogens with one attached hydrogen (secondary N) is 1. The van der Waals surface area contributed by atoms with Crippen LogP contribution >= 0.6 is 0 Å². The third-order valence-electron chi connectivity index (χ3n) is 7.89. The summed E-state index contributed by atoms with van der Waals surface area (Å²) in [6, 6.07) is 10.8. The standard InChI is InChI=1S/C26H25F3N4O/c1-14-18-4-3-5-19(18)23(14)30-25(34)15-6-11-22-20(12-15)21-13-32(2)31-24(21)33(22)17-9-7-16(8-10-17)26(27,28)29/h6-14,18-19,23H,3-5H2,1-2H3,(H,30,34)/t14?,18-,19-,23+/m0/s1. The van der Waals surface area contributed by atoms with Gasteiger partial charge in [-0.15, -0.1) is 0 Å². The number of aromatic nitrogens is 3. The largest absolute Gasteiger partial charge is 0.416 e. The van der Waals surface area contributed by atoms with Gasteiger partial charge in [0.05, 0.1) is 11.1 Å². The molecule has 176 valence electrons. The molecule has 4 aromatic rings. The quantitative estimate of drug-likeness (QED) is 0.421. The van der Waals surface area contributed by atoms with Crippen molar-refractivity contribution in [1.82, 2.24) is 19.7 Å². The van der Waals surface area contributed by atoms with Gasteiger partial charge in [-0.2, -0.15) is 18.3 Å². The number of hydrogen-bond acceptors (Lipinski definition) is 2. The topological polar surface area (TPSA) is 51.9 Å². The van der Waals surface area contributed by atoms with Crippen molar-refractivity contribution in [2.75, 3.05) is 0 Å². The van der Waals surface area contributed by atoms with Gasteiger partial charge in [0.2, 0.25) is 0 Å². The van der Waals surface area contributed by atoms with Crippen LogP contribution in [0, 0.1) is 17.8 Å². The minimum atomic E-state index is -4.39.